The summed E-state index contributed by atoms with van der Waals surface area (Å²) in [4.78, 5) is 23.1. The van der Waals surface area contributed by atoms with Crippen LogP contribution in [0.25, 0.3) is 17.1 Å². The summed E-state index contributed by atoms with van der Waals surface area (Å²) in [5, 5.41) is 22.9. The Balaban J connectivity index is 1.59. The minimum Gasteiger partial charge on any atom is -0.495 e. The Morgan fingerprint density at radius 2 is 1.73 bits per heavy atom. The number of anilines is 1. The van der Waals surface area contributed by atoms with Crippen molar-refractivity contribution in [1.29, 1.82) is 0 Å². The molecule has 0 unspecified atom stereocenters. The van der Waals surface area contributed by atoms with Gasteiger partial charge in [0.1, 0.15) is 5.75 Å². The van der Waals surface area contributed by atoms with Crippen LogP contribution in [-0.2, 0) is 4.79 Å². The summed E-state index contributed by atoms with van der Waals surface area (Å²) in [6.07, 6.45) is 0. The molecule has 0 aliphatic carbocycles. The summed E-state index contributed by atoms with van der Waals surface area (Å²) in [5.41, 5.74) is 2.06. The van der Waals surface area contributed by atoms with Crippen LogP contribution >= 0.6 is 11.8 Å². The number of nitrogens with one attached hydrogen (secondary N) is 1. The van der Waals surface area contributed by atoms with Crippen LogP contribution in [0.4, 0.5) is 11.4 Å². The highest BCUT2D eigenvalue weighted by Gasteiger charge is 2.18. The molecule has 0 spiro atoms. The van der Waals surface area contributed by atoms with Crippen LogP contribution in [0.1, 0.15) is 0 Å². The highest BCUT2D eigenvalue weighted by atomic mass is 32.2. The number of nitro benzene ring substituents is 1. The van der Waals surface area contributed by atoms with Crippen LogP contribution in [-0.4, -0.2) is 38.5 Å². The van der Waals surface area contributed by atoms with E-state index in [1.54, 1.807) is 31.4 Å². The molecule has 0 saturated heterocycles. The van der Waals surface area contributed by atoms with Crippen LogP contribution in [0.15, 0.2) is 84.0 Å². The third kappa shape index (κ3) is 5.01. The van der Waals surface area contributed by atoms with Gasteiger partial charge in [-0.15, -0.1) is 10.2 Å². The van der Waals surface area contributed by atoms with Gasteiger partial charge in [0, 0.05) is 23.4 Å². The number of aromatic nitrogens is 3. The molecule has 10 heteroatoms. The molecule has 0 atom stereocenters. The first-order valence-electron chi connectivity index (χ1n) is 9.88. The Bertz CT molecular complexity index is 1280. The van der Waals surface area contributed by atoms with E-state index in [2.05, 4.69) is 15.5 Å². The third-order valence-corrected chi connectivity index (χ3v) is 5.63. The molecule has 0 aliphatic rings. The number of carbonyl (C=O) groups is 1. The van der Waals surface area contributed by atoms with Crippen LogP contribution in [0.5, 0.6) is 5.75 Å². The normalized spacial score (nSPS) is 10.6. The molecule has 1 heterocycles. The van der Waals surface area contributed by atoms with Gasteiger partial charge in [0.25, 0.3) is 5.69 Å². The number of para-hydroxylation sites is 3. The van der Waals surface area contributed by atoms with Crippen LogP contribution in [0.3, 0.4) is 0 Å². The number of nitrogens with zero attached hydrogens (tertiary/aromatic N) is 4. The summed E-state index contributed by atoms with van der Waals surface area (Å²) in [7, 11) is 1.54. The second kappa shape index (κ2) is 9.96. The average Bonchev–Trinajstić information content (AvgIpc) is 3.27. The number of amides is 1. The zero-order valence-corrected chi connectivity index (χ0v) is 18.4. The molecule has 0 radical (unpaired) electrons. The van der Waals surface area contributed by atoms with Crippen molar-refractivity contribution < 1.29 is 14.5 Å². The lowest BCUT2D eigenvalue weighted by atomic mass is 10.2. The number of rotatable bonds is 8. The number of non-ortho nitro benzene ring substituents is 1. The highest BCUT2D eigenvalue weighted by molar-refractivity contribution is 7.99. The van der Waals surface area contributed by atoms with Gasteiger partial charge in [-0.25, -0.2) is 0 Å². The molecule has 3 aromatic carbocycles. The van der Waals surface area contributed by atoms with Gasteiger partial charge in [-0.05, 0) is 36.4 Å². The number of hydrogen-bond donors (Lipinski definition) is 1. The third-order valence-electron chi connectivity index (χ3n) is 4.70. The number of benzene rings is 3. The van der Waals surface area contributed by atoms with Gasteiger partial charge in [0.05, 0.1) is 23.5 Å². The van der Waals surface area contributed by atoms with E-state index in [1.807, 2.05) is 47.0 Å². The summed E-state index contributed by atoms with van der Waals surface area (Å²) < 4.78 is 7.09. The van der Waals surface area contributed by atoms with Crippen molar-refractivity contribution in [2.24, 2.45) is 0 Å². The average molecular weight is 462 g/mol. The number of thioether (sulfide) groups is 1. The maximum atomic E-state index is 12.6. The molecule has 0 aliphatic heterocycles. The monoisotopic (exact) mass is 461 g/mol. The maximum Gasteiger partial charge on any atom is 0.269 e. The fourth-order valence-corrected chi connectivity index (χ4v) is 3.91. The van der Waals surface area contributed by atoms with Crippen molar-refractivity contribution >= 4 is 29.0 Å². The van der Waals surface area contributed by atoms with Gasteiger partial charge >= 0.3 is 0 Å². The quantitative estimate of drug-likeness (QED) is 0.232. The first kappa shape index (κ1) is 22.0. The molecule has 166 valence electrons. The fraction of sp³-hybridized carbons (Fsp3) is 0.0870. The predicted molar refractivity (Wildman–Crippen MR) is 126 cm³/mol. The molecule has 9 nitrogen and oxygen atoms in total. The van der Waals surface area contributed by atoms with Crippen LogP contribution < -0.4 is 10.1 Å². The standard InChI is InChI=1S/C23H19N5O4S/c1-32-20-10-6-5-9-19(20)24-21(29)15-33-23-26-25-22(27(23)17-7-3-2-4-8-17)16-11-13-18(14-12-16)28(30)31/h2-14H,15H2,1H3,(H,24,29). The summed E-state index contributed by atoms with van der Waals surface area (Å²) in [6.45, 7) is 0. The SMILES string of the molecule is COc1ccccc1NC(=O)CSc1nnc(-c2ccc([N+](=O)[O-])cc2)n1-c1ccccc1. The topological polar surface area (TPSA) is 112 Å². The van der Waals surface area contributed by atoms with Crippen molar-refractivity contribution in [1.82, 2.24) is 14.8 Å². The van der Waals surface area contributed by atoms with E-state index in [-0.39, 0.29) is 17.3 Å². The Hall–Kier alpha value is -4.18. The fourth-order valence-electron chi connectivity index (χ4n) is 3.16. The number of ether oxygens (including phenoxy) is 1. The van der Waals surface area contributed by atoms with E-state index in [0.29, 0.717) is 28.0 Å². The zero-order chi connectivity index (χ0) is 23.2. The lowest BCUT2D eigenvalue weighted by molar-refractivity contribution is -0.384. The van der Waals surface area contributed by atoms with E-state index < -0.39 is 4.92 Å². The second-order valence-corrected chi connectivity index (χ2v) is 7.76. The van der Waals surface area contributed by atoms with Crippen LogP contribution in [0, 0.1) is 10.1 Å². The van der Waals surface area contributed by atoms with E-state index in [9.17, 15) is 14.9 Å². The molecular formula is C23H19N5O4S. The minimum absolute atomic E-state index is 0.00728. The number of carbonyl (C=O) groups excluding carboxylic acids is 1. The maximum absolute atomic E-state index is 12.6. The lowest BCUT2D eigenvalue weighted by Crippen LogP contribution is -2.15. The Morgan fingerprint density at radius 3 is 2.42 bits per heavy atom. The van der Waals surface area contributed by atoms with Crippen molar-refractivity contribution in [2.45, 2.75) is 5.16 Å². The Kier molecular flexibility index (Phi) is 6.65. The number of nitro groups is 1. The largest absolute Gasteiger partial charge is 0.495 e. The van der Waals surface area contributed by atoms with E-state index in [0.717, 1.165) is 5.69 Å². The first-order chi connectivity index (χ1) is 16.1. The highest BCUT2D eigenvalue weighted by Crippen LogP contribution is 2.29. The first-order valence-corrected chi connectivity index (χ1v) is 10.9. The van der Waals surface area contributed by atoms with Crippen LogP contribution in [0.2, 0.25) is 0 Å². The van der Waals surface area contributed by atoms with Gasteiger partial charge < -0.3 is 10.1 Å². The molecule has 33 heavy (non-hydrogen) atoms. The van der Waals surface area contributed by atoms with Gasteiger partial charge in [0.15, 0.2) is 11.0 Å². The predicted octanol–water partition coefficient (Wildman–Crippen LogP) is 4.58. The van der Waals surface area contributed by atoms with Crippen molar-refractivity contribution in [3.8, 4) is 22.8 Å². The van der Waals surface area contributed by atoms with Crippen molar-refractivity contribution in [3.05, 3.63) is 89.0 Å². The zero-order valence-electron chi connectivity index (χ0n) is 17.5. The molecule has 1 N–H and O–H groups in total. The summed E-state index contributed by atoms with van der Waals surface area (Å²) in [6, 6.07) is 22.7. The number of methoxy groups -OCH3 is 1. The Labute approximate surface area is 193 Å². The second-order valence-electron chi connectivity index (χ2n) is 6.82. The molecule has 0 saturated carbocycles. The molecule has 4 rings (SSSR count). The minimum atomic E-state index is -0.451. The number of hydrogen-bond acceptors (Lipinski definition) is 7. The molecule has 1 amide bonds. The van der Waals surface area contributed by atoms with Gasteiger partial charge in [0.2, 0.25) is 5.91 Å². The van der Waals surface area contributed by atoms with Crippen molar-refractivity contribution in [3.63, 3.8) is 0 Å². The molecule has 0 bridgehead atoms. The Morgan fingerprint density at radius 1 is 1.03 bits per heavy atom. The van der Waals surface area contributed by atoms with Gasteiger partial charge in [-0.3, -0.25) is 19.5 Å². The van der Waals surface area contributed by atoms with Gasteiger partial charge in [-0.1, -0.05) is 42.1 Å². The van der Waals surface area contributed by atoms with Crippen molar-refractivity contribution in [2.75, 3.05) is 18.2 Å². The molecule has 0 fully saturated rings. The molecule has 4 aromatic rings. The molecular weight excluding hydrogens is 442 g/mol. The smallest absolute Gasteiger partial charge is 0.269 e. The summed E-state index contributed by atoms with van der Waals surface area (Å²) >= 11 is 1.23. The van der Waals surface area contributed by atoms with E-state index >= 15 is 0 Å². The lowest BCUT2D eigenvalue weighted by Gasteiger charge is -2.11. The van der Waals surface area contributed by atoms with E-state index in [1.165, 1.54) is 23.9 Å². The molecule has 1 aromatic heterocycles. The summed E-state index contributed by atoms with van der Waals surface area (Å²) in [5.74, 6) is 0.972. The van der Waals surface area contributed by atoms with Gasteiger partial charge in [-0.2, -0.15) is 0 Å². The van der Waals surface area contributed by atoms with E-state index in [4.69, 9.17) is 4.74 Å².